The average molecular weight is 394 g/mol. The number of likely N-dealkylation sites (tertiary alicyclic amines) is 1. The van der Waals surface area contributed by atoms with Crippen LogP contribution in [0.3, 0.4) is 0 Å². The van der Waals surface area contributed by atoms with Gasteiger partial charge in [-0.25, -0.2) is 9.37 Å². The van der Waals surface area contributed by atoms with Crippen LogP contribution in [0.15, 0.2) is 53.5 Å². The first kappa shape index (κ1) is 19.3. The maximum Gasteiger partial charge on any atom is 0.251 e. The second-order valence-electron chi connectivity index (χ2n) is 7.24. The highest BCUT2D eigenvalue weighted by atomic mass is 19.1. The Bertz CT molecular complexity index is 1030. The highest BCUT2D eigenvalue weighted by Gasteiger charge is 2.23. The first-order valence-corrected chi connectivity index (χ1v) is 9.70. The summed E-state index contributed by atoms with van der Waals surface area (Å²) in [5.41, 5.74) is 1.77. The molecule has 3 aromatic rings. The Labute approximate surface area is 168 Å². The van der Waals surface area contributed by atoms with E-state index in [2.05, 4.69) is 19.9 Å². The van der Waals surface area contributed by atoms with Crippen molar-refractivity contribution in [3.8, 4) is 17.1 Å². The number of hydrogen-bond acceptors (Lipinski definition) is 5. The molecule has 0 bridgehead atoms. The number of rotatable bonds is 5. The predicted molar refractivity (Wildman–Crippen MR) is 108 cm³/mol. The van der Waals surface area contributed by atoms with Gasteiger partial charge < -0.3 is 9.72 Å². The Balaban J connectivity index is 1.43. The summed E-state index contributed by atoms with van der Waals surface area (Å²) in [4.78, 5) is 26.2. The van der Waals surface area contributed by atoms with Crippen LogP contribution in [0.2, 0.25) is 0 Å². The molecule has 29 heavy (non-hydrogen) atoms. The molecule has 0 atom stereocenters. The largest absolute Gasteiger partial charge is 0.497 e. The third-order valence-electron chi connectivity index (χ3n) is 5.32. The summed E-state index contributed by atoms with van der Waals surface area (Å²) in [7, 11) is 1.53. The normalized spacial score (nSPS) is 15.4. The van der Waals surface area contributed by atoms with E-state index in [1.807, 2.05) is 18.2 Å². The molecule has 1 saturated heterocycles. The van der Waals surface area contributed by atoms with Crippen molar-refractivity contribution in [1.82, 2.24) is 19.9 Å². The number of aromatic amines is 1. The van der Waals surface area contributed by atoms with E-state index in [0.717, 1.165) is 25.9 Å². The van der Waals surface area contributed by atoms with Gasteiger partial charge in [0.1, 0.15) is 17.4 Å². The number of aromatic nitrogens is 3. The van der Waals surface area contributed by atoms with Gasteiger partial charge in [0.2, 0.25) is 0 Å². The molecular weight excluding hydrogens is 371 g/mol. The van der Waals surface area contributed by atoms with Crippen LogP contribution in [0.25, 0.3) is 11.4 Å². The number of benzene rings is 1. The molecule has 0 radical (unpaired) electrons. The van der Waals surface area contributed by atoms with Crippen LogP contribution >= 0.6 is 0 Å². The number of methoxy groups -OCH3 is 1. The van der Waals surface area contributed by atoms with Crippen molar-refractivity contribution in [2.45, 2.75) is 25.3 Å². The van der Waals surface area contributed by atoms with Gasteiger partial charge in [-0.05, 0) is 44.1 Å². The van der Waals surface area contributed by atoms with Crippen LogP contribution in [0, 0.1) is 5.82 Å². The van der Waals surface area contributed by atoms with Gasteiger partial charge in [-0.15, -0.1) is 0 Å². The van der Waals surface area contributed by atoms with Crippen molar-refractivity contribution in [2.24, 2.45) is 0 Å². The van der Waals surface area contributed by atoms with E-state index in [-0.39, 0.29) is 17.3 Å². The maximum atomic E-state index is 14.2. The number of piperidine rings is 1. The van der Waals surface area contributed by atoms with Gasteiger partial charge in [0.15, 0.2) is 0 Å². The molecule has 0 amide bonds. The van der Waals surface area contributed by atoms with Gasteiger partial charge in [0.25, 0.3) is 5.56 Å². The standard InChI is InChI=1S/C22H23FN4O2/c1-29-17-6-5-16(18(23)12-17)14-27-10-7-15(8-11-27)22-25-20(13-21(28)26-22)19-4-2-3-9-24-19/h2-6,9,12-13,15H,7-8,10-11,14H2,1H3,(H,25,26,28). The fourth-order valence-corrected chi connectivity index (χ4v) is 3.70. The zero-order valence-electron chi connectivity index (χ0n) is 16.3. The van der Waals surface area contributed by atoms with Crippen molar-refractivity contribution in [1.29, 1.82) is 0 Å². The summed E-state index contributed by atoms with van der Waals surface area (Å²) in [6.45, 7) is 2.18. The highest BCUT2D eigenvalue weighted by Crippen LogP contribution is 2.27. The summed E-state index contributed by atoms with van der Waals surface area (Å²) >= 11 is 0. The Kier molecular flexibility index (Phi) is 5.67. The minimum atomic E-state index is -0.250. The monoisotopic (exact) mass is 394 g/mol. The number of nitrogens with one attached hydrogen (secondary N) is 1. The molecule has 0 spiro atoms. The lowest BCUT2D eigenvalue weighted by Crippen LogP contribution is -2.33. The highest BCUT2D eigenvalue weighted by molar-refractivity contribution is 5.52. The summed E-state index contributed by atoms with van der Waals surface area (Å²) < 4.78 is 19.3. The minimum Gasteiger partial charge on any atom is -0.497 e. The Morgan fingerprint density at radius 2 is 2.00 bits per heavy atom. The van der Waals surface area contributed by atoms with Crippen LogP contribution in [-0.2, 0) is 6.54 Å². The van der Waals surface area contributed by atoms with Crippen molar-refractivity contribution >= 4 is 0 Å². The third-order valence-corrected chi connectivity index (χ3v) is 5.32. The molecule has 0 aliphatic carbocycles. The van der Waals surface area contributed by atoms with Crippen molar-refractivity contribution < 1.29 is 9.13 Å². The van der Waals surface area contributed by atoms with Crippen LogP contribution in [0.1, 0.15) is 30.1 Å². The maximum absolute atomic E-state index is 14.2. The lowest BCUT2D eigenvalue weighted by molar-refractivity contribution is 0.199. The fourth-order valence-electron chi connectivity index (χ4n) is 3.70. The fraction of sp³-hybridized carbons (Fsp3) is 0.318. The molecule has 150 valence electrons. The SMILES string of the molecule is COc1ccc(CN2CCC(c3nc(-c4ccccn4)cc(=O)[nH]3)CC2)c(F)c1. The molecule has 1 fully saturated rings. The third kappa shape index (κ3) is 4.51. The van der Waals surface area contributed by atoms with E-state index >= 15 is 0 Å². The summed E-state index contributed by atoms with van der Waals surface area (Å²) in [5.74, 6) is 1.14. The molecule has 6 nitrogen and oxygen atoms in total. The molecule has 3 heterocycles. The van der Waals surface area contributed by atoms with Gasteiger partial charge in [-0.3, -0.25) is 14.7 Å². The van der Waals surface area contributed by atoms with E-state index in [1.165, 1.54) is 19.2 Å². The minimum absolute atomic E-state index is 0.168. The van der Waals surface area contributed by atoms with Crippen molar-refractivity contribution in [2.75, 3.05) is 20.2 Å². The number of halogens is 1. The molecule has 1 aromatic carbocycles. The van der Waals surface area contributed by atoms with E-state index in [0.29, 0.717) is 35.1 Å². The van der Waals surface area contributed by atoms with Crippen LogP contribution in [-0.4, -0.2) is 40.1 Å². The number of hydrogen-bond donors (Lipinski definition) is 1. The molecule has 1 aliphatic heterocycles. The first-order chi connectivity index (χ1) is 14.1. The summed E-state index contributed by atoms with van der Waals surface area (Å²) in [5, 5.41) is 0. The quantitative estimate of drug-likeness (QED) is 0.719. The van der Waals surface area contributed by atoms with Crippen LogP contribution in [0.4, 0.5) is 4.39 Å². The second kappa shape index (κ2) is 8.53. The average Bonchev–Trinajstić information content (AvgIpc) is 2.76. The number of nitrogens with zero attached hydrogens (tertiary/aromatic N) is 3. The van der Waals surface area contributed by atoms with Gasteiger partial charge >= 0.3 is 0 Å². The van der Waals surface area contributed by atoms with E-state index < -0.39 is 0 Å². The molecule has 1 N–H and O–H groups in total. The van der Waals surface area contributed by atoms with Crippen LogP contribution in [0.5, 0.6) is 5.75 Å². The molecule has 0 unspecified atom stereocenters. The topological polar surface area (TPSA) is 71.1 Å². The zero-order valence-corrected chi connectivity index (χ0v) is 16.3. The Morgan fingerprint density at radius 1 is 1.17 bits per heavy atom. The molecule has 7 heteroatoms. The number of H-pyrrole nitrogens is 1. The van der Waals surface area contributed by atoms with Crippen LogP contribution < -0.4 is 10.3 Å². The van der Waals surface area contributed by atoms with Crippen molar-refractivity contribution in [3.63, 3.8) is 0 Å². The van der Waals surface area contributed by atoms with Gasteiger partial charge in [0.05, 0.1) is 18.5 Å². The number of ether oxygens (including phenoxy) is 1. The molecular formula is C22H23FN4O2. The second-order valence-corrected chi connectivity index (χ2v) is 7.24. The Hall–Kier alpha value is -3.06. The van der Waals surface area contributed by atoms with Gasteiger partial charge in [-0.2, -0.15) is 0 Å². The lowest BCUT2D eigenvalue weighted by Gasteiger charge is -2.31. The zero-order chi connectivity index (χ0) is 20.2. The predicted octanol–water partition coefficient (Wildman–Crippen LogP) is 3.36. The summed E-state index contributed by atoms with van der Waals surface area (Å²) in [6.07, 6.45) is 3.40. The van der Waals surface area contributed by atoms with E-state index in [9.17, 15) is 9.18 Å². The summed E-state index contributed by atoms with van der Waals surface area (Å²) in [6, 6.07) is 12.0. The molecule has 4 rings (SSSR count). The lowest BCUT2D eigenvalue weighted by atomic mass is 9.95. The van der Waals surface area contributed by atoms with E-state index in [1.54, 1.807) is 18.3 Å². The Morgan fingerprint density at radius 3 is 2.69 bits per heavy atom. The van der Waals surface area contributed by atoms with Gasteiger partial charge in [0, 0.05) is 36.4 Å². The molecule has 1 aliphatic rings. The van der Waals surface area contributed by atoms with E-state index in [4.69, 9.17) is 4.74 Å². The first-order valence-electron chi connectivity index (χ1n) is 9.70. The van der Waals surface area contributed by atoms with Gasteiger partial charge in [-0.1, -0.05) is 12.1 Å². The number of pyridine rings is 1. The molecule has 2 aromatic heterocycles. The van der Waals surface area contributed by atoms with Crippen molar-refractivity contribution in [3.05, 3.63) is 76.2 Å². The molecule has 0 saturated carbocycles. The smallest absolute Gasteiger partial charge is 0.251 e.